The minimum absolute atomic E-state index is 0. The van der Waals surface area contributed by atoms with E-state index in [4.69, 9.17) is 4.42 Å². The third-order valence-electron chi connectivity index (χ3n) is 2.98. The predicted octanol–water partition coefficient (Wildman–Crippen LogP) is 3.69. The van der Waals surface area contributed by atoms with Crippen LogP contribution >= 0.6 is 35.3 Å². The standard InChI is InChI=1S/C16H23N3OS.HI/c1-2-9-17-16(18-10-7-14-5-3-12-20-14)19-11-8-15-6-4-13-21-15;/h3-6,12-13H,2,7-11H2,1H3,(H2,17,18,19);1H. The fourth-order valence-corrected chi connectivity index (χ4v) is 2.62. The summed E-state index contributed by atoms with van der Waals surface area (Å²) >= 11 is 1.80. The van der Waals surface area contributed by atoms with Crippen molar-refractivity contribution in [3.8, 4) is 0 Å². The van der Waals surface area contributed by atoms with Crippen molar-refractivity contribution in [2.75, 3.05) is 19.6 Å². The van der Waals surface area contributed by atoms with Gasteiger partial charge in [0, 0.05) is 30.9 Å². The molecule has 6 heteroatoms. The van der Waals surface area contributed by atoms with Gasteiger partial charge in [-0.15, -0.1) is 35.3 Å². The summed E-state index contributed by atoms with van der Waals surface area (Å²) in [5.74, 6) is 1.89. The Morgan fingerprint density at radius 3 is 2.64 bits per heavy atom. The van der Waals surface area contributed by atoms with Crippen LogP contribution in [0.4, 0.5) is 0 Å². The molecule has 0 saturated heterocycles. The summed E-state index contributed by atoms with van der Waals surface area (Å²) in [5.41, 5.74) is 0. The van der Waals surface area contributed by atoms with Gasteiger partial charge in [-0.2, -0.15) is 0 Å². The van der Waals surface area contributed by atoms with E-state index in [0.29, 0.717) is 0 Å². The quantitative estimate of drug-likeness (QED) is 0.379. The molecule has 22 heavy (non-hydrogen) atoms. The molecule has 122 valence electrons. The number of hydrogen-bond acceptors (Lipinski definition) is 3. The average molecular weight is 433 g/mol. The molecular formula is C16H24IN3OS. The highest BCUT2D eigenvalue weighted by Gasteiger charge is 2.00. The predicted molar refractivity (Wildman–Crippen MR) is 104 cm³/mol. The first-order valence-electron chi connectivity index (χ1n) is 7.45. The summed E-state index contributed by atoms with van der Waals surface area (Å²) < 4.78 is 5.33. The van der Waals surface area contributed by atoms with E-state index in [-0.39, 0.29) is 24.0 Å². The van der Waals surface area contributed by atoms with Gasteiger partial charge in [0.15, 0.2) is 5.96 Å². The first-order chi connectivity index (χ1) is 10.4. The largest absolute Gasteiger partial charge is 0.469 e. The lowest BCUT2D eigenvalue weighted by Crippen LogP contribution is -2.39. The number of hydrogen-bond donors (Lipinski definition) is 2. The number of guanidine groups is 1. The molecule has 0 fully saturated rings. The van der Waals surface area contributed by atoms with Gasteiger partial charge in [0.1, 0.15) is 5.76 Å². The Morgan fingerprint density at radius 2 is 2.00 bits per heavy atom. The number of furan rings is 1. The van der Waals surface area contributed by atoms with Gasteiger partial charge in [-0.25, -0.2) is 0 Å². The summed E-state index contributed by atoms with van der Waals surface area (Å²) in [5, 5.41) is 8.86. The molecule has 0 unspecified atom stereocenters. The van der Waals surface area contributed by atoms with Crippen molar-refractivity contribution in [2.24, 2.45) is 4.99 Å². The third-order valence-corrected chi connectivity index (χ3v) is 3.92. The zero-order valence-electron chi connectivity index (χ0n) is 12.9. The highest BCUT2D eigenvalue weighted by atomic mass is 127. The lowest BCUT2D eigenvalue weighted by molar-refractivity contribution is 0.506. The smallest absolute Gasteiger partial charge is 0.191 e. The summed E-state index contributed by atoms with van der Waals surface area (Å²) in [7, 11) is 0. The minimum Gasteiger partial charge on any atom is -0.469 e. The molecule has 0 amide bonds. The summed E-state index contributed by atoms with van der Waals surface area (Å²) in [4.78, 5) is 5.94. The SMILES string of the molecule is CCCN=C(NCCc1ccco1)NCCc1cccs1.I. The van der Waals surface area contributed by atoms with Gasteiger partial charge in [-0.1, -0.05) is 13.0 Å². The van der Waals surface area contributed by atoms with Crippen molar-refractivity contribution in [2.45, 2.75) is 26.2 Å². The summed E-state index contributed by atoms with van der Waals surface area (Å²) in [6.07, 6.45) is 4.66. The maximum atomic E-state index is 5.33. The van der Waals surface area contributed by atoms with Crippen LogP contribution < -0.4 is 10.6 Å². The van der Waals surface area contributed by atoms with E-state index in [2.05, 4.69) is 40.1 Å². The molecule has 2 aromatic rings. The van der Waals surface area contributed by atoms with Gasteiger partial charge in [-0.3, -0.25) is 4.99 Å². The maximum absolute atomic E-state index is 5.33. The molecule has 2 aromatic heterocycles. The molecule has 0 aliphatic rings. The second-order valence-corrected chi connectivity index (χ2v) is 5.77. The molecule has 0 spiro atoms. The number of thiophene rings is 1. The van der Waals surface area contributed by atoms with E-state index in [1.807, 2.05) is 12.1 Å². The topological polar surface area (TPSA) is 49.6 Å². The van der Waals surface area contributed by atoms with E-state index >= 15 is 0 Å². The molecule has 0 atom stereocenters. The number of halogens is 1. The second-order valence-electron chi connectivity index (χ2n) is 4.74. The molecule has 2 rings (SSSR count). The Labute approximate surface area is 153 Å². The minimum atomic E-state index is 0. The lowest BCUT2D eigenvalue weighted by Gasteiger charge is -2.11. The van der Waals surface area contributed by atoms with Crippen molar-refractivity contribution in [1.82, 2.24) is 10.6 Å². The summed E-state index contributed by atoms with van der Waals surface area (Å²) in [6.45, 7) is 4.70. The molecule has 2 N–H and O–H groups in total. The fraction of sp³-hybridized carbons (Fsp3) is 0.438. The molecule has 0 aliphatic carbocycles. The van der Waals surface area contributed by atoms with Crippen LogP contribution in [-0.2, 0) is 12.8 Å². The van der Waals surface area contributed by atoms with Gasteiger partial charge in [0.05, 0.1) is 6.26 Å². The number of nitrogens with one attached hydrogen (secondary N) is 2. The molecular weight excluding hydrogens is 409 g/mol. The van der Waals surface area contributed by atoms with Crippen LogP contribution in [0.2, 0.25) is 0 Å². The number of aliphatic imine (C=N–C) groups is 1. The first kappa shape index (κ1) is 19.0. The van der Waals surface area contributed by atoms with Gasteiger partial charge in [-0.05, 0) is 36.4 Å². The average Bonchev–Trinajstić information content (AvgIpc) is 3.17. The van der Waals surface area contributed by atoms with Crippen molar-refractivity contribution >= 4 is 41.3 Å². The summed E-state index contributed by atoms with van der Waals surface area (Å²) in [6, 6.07) is 8.17. The Balaban J connectivity index is 0.00000242. The van der Waals surface area contributed by atoms with Crippen LogP contribution in [0.5, 0.6) is 0 Å². The molecule has 0 radical (unpaired) electrons. The molecule has 2 heterocycles. The Morgan fingerprint density at radius 1 is 1.18 bits per heavy atom. The van der Waals surface area contributed by atoms with Crippen LogP contribution in [0.15, 0.2) is 45.3 Å². The van der Waals surface area contributed by atoms with E-state index in [1.165, 1.54) is 4.88 Å². The second kappa shape index (κ2) is 11.5. The molecule has 0 bridgehead atoms. The number of rotatable bonds is 8. The zero-order chi connectivity index (χ0) is 14.8. The van der Waals surface area contributed by atoms with Crippen LogP contribution in [0.3, 0.4) is 0 Å². The van der Waals surface area contributed by atoms with Crippen molar-refractivity contribution in [3.05, 3.63) is 46.5 Å². The third kappa shape index (κ3) is 7.31. The van der Waals surface area contributed by atoms with E-state index in [0.717, 1.165) is 50.6 Å². The van der Waals surface area contributed by atoms with E-state index in [9.17, 15) is 0 Å². The number of nitrogens with zero attached hydrogens (tertiary/aromatic N) is 1. The van der Waals surface area contributed by atoms with E-state index in [1.54, 1.807) is 17.6 Å². The van der Waals surface area contributed by atoms with Gasteiger partial charge >= 0.3 is 0 Å². The van der Waals surface area contributed by atoms with Crippen molar-refractivity contribution in [3.63, 3.8) is 0 Å². The molecule has 0 aliphatic heterocycles. The zero-order valence-corrected chi connectivity index (χ0v) is 16.0. The molecule has 4 nitrogen and oxygen atoms in total. The normalized spacial score (nSPS) is 11.0. The van der Waals surface area contributed by atoms with Gasteiger partial charge in [0.25, 0.3) is 0 Å². The van der Waals surface area contributed by atoms with Gasteiger partial charge in [0.2, 0.25) is 0 Å². The highest BCUT2D eigenvalue weighted by Crippen LogP contribution is 2.08. The van der Waals surface area contributed by atoms with Crippen molar-refractivity contribution < 1.29 is 4.42 Å². The Bertz CT molecular complexity index is 469. The molecule has 0 aromatic carbocycles. The van der Waals surface area contributed by atoms with Crippen LogP contribution in [-0.4, -0.2) is 25.6 Å². The van der Waals surface area contributed by atoms with Crippen LogP contribution in [0, 0.1) is 0 Å². The fourth-order valence-electron chi connectivity index (χ4n) is 1.92. The Hall–Kier alpha value is -1.02. The van der Waals surface area contributed by atoms with Crippen LogP contribution in [0.1, 0.15) is 24.0 Å². The van der Waals surface area contributed by atoms with Crippen molar-refractivity contribution in [1.29, 1.82) is 0 Å². The first-order valence-corrected chi connectivity index (χ1v) is 8.33. The monoisotopic (exact) mass is 433 g/mol. The maximum Gasteiger partial charge on any atom is 0.191 e. The van der Waals surface area contributed by atoms with E-state index < -0.39 is 0 Å². The molecule has 0 saturated carbocycles. The Kier molecular flexibility index (Phi) is 9.98. The lowest BCUT2D eigenvalue weighted by atomic mass is 10.3. The highest BCUT2D eigenvalue weighted by molar-refractivity contribution is 14.0. The van der Waals surface area contributed by atoms with Crippen LogP contribution in [0.25, 0.3) is 0 Å². The van der Waals surface area contributed by atoms with Gasteiger partial charge < -0.3 is 15.1 Å².